The van der Waals surface area contributed by atoms with Crippen molar-refractivity contribution in [1.29, 1.82) is 0 Å². The summed E-state index contributed by atoms with van der Waals surface area (Å²) in [5.74, 6) is 0.707. The molecule has 0 radical (unpaired) electrons. The van der Waals surface area contributed by atoms with E-state index in [1.54, 1.807) is 6.20 Å². The largest absolute Gasteiger partial charge is 0.489 e. The van der Waals surface area contributed by atoms with Crippen LogP contribution in [0.15, 0.2) is 42.6 Å². The fourth-order valence-electron chi connectivity index (χ4n) is 1.97. The van der Waals surface area contributed by atoms with E-state index < -0.39 is 0 Å². The molecule has 2 rings (SSSR count). The second-order valence-electron chi connectivity index (χ2n) is 5.00. The molecule has 1 heterocycles. The van der Waals surface area contributed by atoms with E-state index in [1.165, 1.54) is 0 Å². The zero-order valence-corrected chi connectivity index (χ0v) is 12.1. The average Bonchev–Trinajstić information content (AvgIpc) is 2.43. The first kappa shape index (κ1) is 14.2. The number of nitrogens with one attached hydrogen (secondary N) is 1. The van der Waals surface area contributed by atoms with Crippen LogP contribution in [0.3, 0.4) is 0 Å². The van der Waals surface area contributed by atoms with Gasteiger partial charge in [-0.15, -0.1) is 0 Å². The van der Waals surface area contributed by atoms with Crippen molar-refractivity contribution in [1.82, 2.24) is 4.98 Å². The van der Waals surface area contributed by atoms with Gasteiger partial charge in [0.2, 0.25) is 0 Å². The molecule has 106 valence electrons. The smallest absolute Gasteiger partial charge is 0.144 e. The summed E-state index contributed by atoms with van der Waals surface area (Å²) < 4.78 is 5.69. The van der Waals surface area contributed by atoms with Gasteiger partial charge in [-0.2, -0.15) is 0 Å². The van der Waals surface area contributed by atoms with Crippen LogP contribution >= 0.6 is 0 Å². The van der Waals surface area contributed by atoms with Crippen molar-refractivity contribution < 1.29 is 4.74 Å². The minimum absolute atomic E-state index is 0.0767. The lowest BCUT2D eigenvalue weighted by Crippen LogP contribution is -2.12. The molecular weight excluding hydrogens is 250 g/mol. The number of pyridine rings is 1. The van der Waals surface area contributed by atoms with Crippen molar-refractivity contribution >= 4 is 11.4 Å². The summed E-state index contributed by atoms with van der Waals surface area (Å²) in [7, 11) is 0. The minimum atomic E-state index is 0.0767. The molecule has 0 saturated heterocycles. The van der Waals surface area contributed by atoms with Gasteiger partial charge in [0.15, 0.2) is 0 Å². The lowest BCUT2D eigenvalue weighted by atomic mass is 10.2. The Hall–Kier alpha value is -2.23. The molecule has 0 saturated carbocycles. The van der Waals surface area contributed by atoms with Crippen LogP contribution in [0.5, 0.6) is 5.75 Å². The molecule has 0 amide bonds. The Bertz CT molecular complexity index is 555. The normalized spacial score (nSPS) is 12.2. The lowest BCUT2D eigenvalue weighted by molar-refractivity contribution is 0.244. The first-order chi connectivity index (χ1) is 9.58. The lowest BCUT2D eigenvalue weighted by Gasteiger charge is -2.19. The van der Waals surface area contributed by atoms with Crippen LogP contribution in [0, 0.1) is 0 Å². The van der Waals surface area contributed by atoms with Crippen LogP contribution in [0.25, 0.3) is 0 Å². The van der Waals surface area contributed by atoms with Gasteiger partial charge in [0.05, 0.1) is 29.2 Å². The maximum Gasteiger partial charge on any atom is 0.144 e. The number of hydrogen-bond donors (Lipinski definition) is 2. The Kier molecular flexibility index (Phi) is 4.45. The van der Waals surface area contributed by atoms with Crippen LogP contribution in [0.1, 0.15) is 32.5 Å². The predicted molar refractivity (Wildman–Crippen MR) is 82.9 cm³/mol. The summed E-state index contributed by atoms with van der Waals surface area (Å²) in [5, 5.41) is 3.37. The van der Waals surface area contributed by atoms with Crippen molar-refractivity contribution in [2.45, 2.75) is 32.9 Å². The fourth-order valence-corrected chi connectivity index (χ4v) is 1.97. The van der Waals surface area contributed by atoms with Gasteiger partial charge in [-0.1, -0.05) is 12.1 Å². The third-order valence-electron chi connectivity index (χ3n) is 2.93. The summed E-state index contributed by atoms with van der Waals surface area (Å²) in [6.07, 6.45) is 1.88. The highest BCUT2D eigenvalue weighted by atomic mass is 16.5. The molecule has 0 aliphatic carbocycles. The van der Waals surface area contributed by atoms with Crippen molar-refractivity contribution in [2.75, 3.05) is 11.1 Å². The Morgan fingerprint density at radius 3 is 2.55 bits per heavy atom. The minimum Gasteiger partial charge on any atom is -0.489 e. The molecular formula is C16H21N3O. The molecule has 0 bridgehead atoms. The molecule has 1 atom stereocenters. The maximum atomic E-state index is 6.15. The standard InChI is InChI=1S/C16H21N3O/c1-11(2)20-15-9-6-8-14(16(15)17)19-12(3)13-7-4-5-10-18-13/h4-12,19H,17H2,1-3H3. The van der Waals surface area contributed by atoms with E-state index in [4.69, 9.17) is 10.5 Å². The topological polar surface area (TPSA) is 60.2 Å². The molecule has 4 heteroatoms. The maximum absolute atomic E-state index is 6.15. The number of nitrogen functional groups attached to an aromatic ring is 1. The van der Waals surface area contributed by atoms with Crippen LogP contribution < -0.4 is 15.8 Å². The molecule has 2 aromatic rings. The Morgan fingerprint density at radius 1 is 1.10 bits per heavy atom. The van der Waals surface area contributed by atoms with E-state index in [1.807, 2.05) is 50.2 Å². The molecule has 1 aromatic heterocycles. The van der Waals surface area contributed by atoms with Gasteiger partial charge in [0.25, 0.3) is 0 Å². The predicted octanol–water partition coefficient (Wildman–Crippen LogP) is 3.62. The monoisotopic (exact) mass is 271 g/mol. The van der Waals surface area contributed by atoms with Gasteiger partial charge in [0, 0.05) is 6.20 Å². The number of nitrogens with two attached hydrogens (primary N) is 1. The zero-order chi connectivity index (χ0) is 14.5. The van der Waals surface area contributed by atoms with Crippen LogP contribution in [-0.2, 0) is 0 Å². The SMILES string of the molecule is CC(C)Oc1cccc(NC(C)c2ccccn2)c1N. The Balaban J connectivity index is 2.17. The summed E-state index contributed by atoms with van der Waals surface area (Å²) in [4.78, 5) is 4.34. The second-order valence-corrected chi connectivity index (χ2v) is 5.00. The number of aromatic nitrogens is 1. The van der Waals surface area contributed by atoms with E-state index in [-0.39, 0.29) is 12.1 Å². The van der Waals surface area contributed by atoms with Crippen molar-refractivity contribution in [2.24, 2.45) is 0 Å². The van der Waals surface area contributed by atoms with Gasteiger partial charge < -0.3 is 15.8 Å². The van der Waals surface area contributed by atoms with E-state index in [0.29, 0.717) is 11.4 Å². The number of hydrogen-bond acceptors (Lipinski definition) is 4. The number of para-hydroxylation sites is 1. The molecule has 1 unspecified atom stereocenters. The van der Waals surface area contributed by atoms with E-state index in [2.05, 4.69) is 17.2 Å². The first-order valence-corrected chi connectivity index (χ1v) is 6.80. The molecule has 3 N–H and O–H groups in total. The fraction of sp³-hybridized carbons (Fsp3) is 0.312. The molecule has 4 nitrogen and oxygen atoms in total. The quantitative estimate of drug-likeness (QED) is 0.815. The van der Waals surface area contributed by atoms with Gasteiger partial charge in [-0.05, 0) is 45.0 Å². The zero-order valence-electron chi connectivity index (χ0n) is 12.1. The number of rotatable bonds is 5. The molecule has 0 aliphatic rings. The first-order valence-electron chi connectivity index (χ1n) is 6.80. The summed E-state index contributed by atoms with van der Waals surface area (Å²) >= 11 is 0. The number of ether oxygens (including phenoxy) is 1. The Morgan fingerprint density at radius 2 is 1.90 bits per heavy atom. The summed E-state index contributed by atoms with van der Waals surface area (Å²) in [5.41, 5.74) is 8.62. The van der Waals surface area contributed by atoms with Crippen LogP contribution in [0.4, 0.5) is 11.4 Å². The van der Waals surface area contributed by atoms with E-state index in [9.17, 15) is 0 Å². The second kappa shape index (κ2) is 6.28. The molecule has 20 heavy (non-hydrogen) atoms. The van der Waals surface area contributed by atoms with Gasteiger partial charge in [-0.25, -0.2) is 0 Å². The van der Waals surface area contributed by atoms with Gasteiger partial charge in [0.1, 0.15) is 5.75 Å². The van der Waals surface area contributed by atoms with Crippen LogP contribution in [-0.4, -0.2) is 11.1 Å². The molecule has 0 fully saturated rings. The van der Waals surface area contributed by atoms with E-state index >= 15 is 0 Å². The highest BCUT2D eigenvalue weighted by Gasteiger charge is 2.11. The van der Waals surface area contributed by atoms with Crippen molar-refractivity contribution in [3.63, 3.8) is 0 Å². The highest BCUT2D eigenvalue weighted by molar-refractivity contribution is 5.73. The molecule has 0 spiro atoms. The Labute approximate surface area is 120 Å². The highest BCUT2D eigenvalue weighted by Crippen LogP contribution is 2.32. The van der Waals surface area contributed by atoms with Crippen molar-refractivity contribution in [3.05, 3.63) is 48.3 Å². The number of nitrogens with zero attached hydrogens (tertiary/aromatic N) is 1. The van der Waals surface area contributed by atoms with E-state index in [0.717, 1.165) is 11.4 Å². The number of benzene rings is 1. The van der Waals surface area contributed by atoms with Crippen LogP contribution in [0.2, 0.25) is 0 Å². The molecule has 0 aliphatic heterocycles. The summed E-state index contributed by atoms with van der Waals surface area (Å²) in [6, 6.07) is 11.7. The van der Waals surface area contributed by atoms with Gasteiger partial charge >= 0.3 is 0 Å². The average molecular weight is 271 g/mol. The summed E-state index contributed by atoms with van der Waals surface area (Å²) in [6.45, 7) is 6.02. The van der Waals surface area contributed by atoms with Gasteiger partial charge in [-0.3, -0.25) is 4.98 Å². The third-order valence-corrected chi connectivity index (χ3v) is 2.93. The number of anilines is 2. The third kappa shape index (κ3) is 3.41. The van der Waals surface area contributed by atoms with Crippen molar-refractivity contribution in [3.8, 4) is 5.75 Å². The molecule has 1 aromatic carbocycles.